The fraction of sp³-hybridized carbons (Fsp3) is 0.474. The van der Waals surface area contributed by atoms with Gasteiger partial charge in [0.05, 0.1) is 25.4 Å². The first-order valence-electron chi connectivity index (χ1n) is 8.48. The van der Waals surface area contributed by atoms with Crippen molar-refractivity contribution in [3.63, 3.8) is 0 Å². The van der Waals surface area contributed by atoms with Crippen LogP contribution < -0.4 is 4.74 Å². The predicted octanol–water partition coefficient (Wildman–Crippen LogP) is 3.61. The van der Waals surface area contributed by atoms with Crippen LogP contribution in [0.1, 0.15) is 19.1 Å². The fourth-order valence-electron chi connectivity index (χ4n) is 2.91. The van der Waals surface area contributed by atoms with E-state index in [1.807, 2.05) is 37.3 Å². The third kappa shape index (κ3) is 4.36. The molecule has 0 unspecified atom stereocenters. The predicted molar refractivity (Wildman–Crippen MR) is 90.9 cm³/mol. The van der Waals surface area contributed by atoms with Crippen molar-refractivity contribution in [2.24, 2.45) is 0 Å². The van der Waals surface area contributed by atoms with E-state index in [4.69, 9.17) is 13.9 Å². The van der Waals surface area contributed by atoms with Crippen molar-refractivity contribution in [3.8, 4) is 17.1 Å². The highest BCUT2D eigenvalue weighted by Gasteiger charge is 2.12. The number of para-hydroxylation sites is 1. The van der Waals surface area contributed by atoms with E-state index in [2.05, 4.69) is 11.0 Å². The molecule has 4 heteroatoms. The molecule has 0 spiro atoms. The van der Waals surface area contributed by atoms with Crippen LogP contribution >= 0.6 is 0 Å². The average Bonchev–Trinajstić information content (AvgIpc) is 3.05. The number of rotatable bonds is 7. The van der Waals surface area contributed by atoms with Crippen LogP contribution in [0.15, 0.2) is 40.8 Å². The van der Waals surface area contributed by atoms with Crippen molar-refractivity contribution < 1.29 is 13.9 Å². The third-order valence-corrected chi connectivity index (χ3v) is 4.12. The minimum Gasteiger partial charge on any atom is -0.493 e. The molecule has 3 rings (SSSR count). The zero-order valence-electron chi connectivity index (χ0n) is 13.8. The Hall–Kier alpha value is -1.78. The second kappa shape index (κ2) is 8.18. The topological polar surface area (TPSA) is 34.8 Å². The number of hydrogen-bond donors (Lipinski definition) is 0. The lowest BCUT2D eigenvalue weighted by molar-refractivity contribution is 0.0373. The molecule has 2 heterocycles. The van der Waals surface area contributed by atoms with Crippen LogP contribution in [0.4, 0.5) is 0 Å². The minimum absolute atomic E-state index is 0.657. The van der Waals surface area contributed by atoms with E-state index in [9.17, 15) is 0 Å². The number of benzene rings is 1. The van der Waals surface area contributed by atoms with Gasteiger partial charge in [-0.3, -0.25) is 4.90 Å². The van der Waals surface area contributed by atoms with E-state index in [1.165, 1.54) is 0 Å². The highest BCUT2D eigenvalue weighted by atomic mass is 16.5. The summed E-state index contributed by atoms with van der Waals surface area (Å²) in [7, 11) is 0. The summed E-state index contributed by atoms with van der Waals surface area (Å²) in [4.78, 5) is 2.46. The zero-order valence-corrected chi connectivity index (χ0v) is 13.8. The summed E-state index contributed by atoms with van der Waals surface area (Å²) in [6, 6.07) is 12.2. The summed E-state index contributed by atoms with van der Waals surface area (Å²) in [6.07, 6.45) is 2.08. The summed E-state index contributed by atoms with van der Waals surface area (Å²) < 4.78 is 17.1. The lowest BCUT2D eigenvalue weighted by Crippen LogP contribution is -2.36. The van der Waals surface area contributed by atoms with Gasteiger partial charge in [0.1, 0.15) is 17.3 Å². The number of aryl methyl sites for hydroxylation is 1. The van der Waals surface area contributed by atoms with Gasteiger partial charge < -0.3 is 13.9 Å². The molecule has 0 N–H and O–H groups in total. The Balaban J connectivity index is 1.57. The molecular formula is C19H25NO3. The van der Waals surface area contributed by atoms with Crippen LogP contribution in [-0.2, 0) is 11.2 Å². The largest absolute Gasteiger partial charge is 0.493 e. The van der Waals surface area contributed by atoms with Crippen LogP contribution in [0.3, 0.4) is 0 Å². The summed E-state index contributed by atoms with van der Waals surface area (Å²) in [5, 5.41) is 0. The summed E-state index contributed by atoms with van der Waals surface area (Å²) >= 11 is 0. The van der Waals surface area contributed by atoms with E-state index in [0.29, 0.717) is 6.61 Å². The highest BCUT2D eigenvalue weighted by molar-refractivity contribution is 5.65. The van der Waals surface area contributed by atoms with Gasteiger partial charge in [0.25, 0.3) is 0 Å². The first-order valence-corrected chi connectivity index (χ1v) is 8.48. The Labute approximate surface area is 138 Å². The van der Waals surface area contributed by atoms with Crippen molar-refractivity contribution in [3.05, 3.63) is 42.2 Å². The van der Waals surface area contributed by atoms with E-state index < -0.39 is 0 Å². The third-order valence-electron chi connectivity index (χ3n) is 4.12. The summed E-state index contributed by atoms with van der Waals surface area (Å²) in [5.74, 6) is 2.80. The first kappa shape index (κ1) is 16.1. The highest BCUT2D eigenvalue weighted by Crippen LogP contribution is 2.31. The van der Waals surface area contributed by atoms with Crippen molar-refractivity contribution in [1.29, 1.82) is 0 Å². The zero-order chi connectivity index (χ0) is 15.9. The van der Waals surface area contributed by atoms with Crippen molar-refractivity contribution in [2.75, 3.05) is 39.5 Å². The van der Waals surface area contributed by atoms with E-state index in [-0.39, 0.29) is 0 Å². The molecule has 1 aliphatic heterocycles. The molecule has 0 aliphatic carbocycles. The average molecular weight is 315 g/mol. The molecule has 1 aromatic carbocycles. The number of nitrogens with zero attached hydrogens (tertiary/aromatic N) is 1. The molecule has 23 heavy (non-hydrogen) atoms. The number of morpholine rings is 1. The molecule has 0 radical (unpaired) electrons. The molecule has 1 aliphatic rings. The van der Waals surface area contributed by atoms with E-state index in [0.717, 1.165) is 68.5 Å². The molecule has 0 saturated carbocycles. The van der Waals surface area contributed by atoms with Gasteiger partial charge in [0.15, 0.2) is 0 Å². The molecule has 1 saturated heterocycles. The normalized spacial score (nSPS) is 15.7. The van der Waals surface area contributed by atoms with Gasteiger partial charge in [-0.25, -0.2) is 0 Å². The van der Waals surface area contributed by atoms with Gasteiger partial charge in [-0.1, -0.05) is 12.1 Å². The van der Waals surface area contributed by atoms with Gasteiger partial charge in [-0.15, -0.1) is 0 Å². The van der Waals surface area contributed by atoms with Gasteiger partial charge >= 0.3 is 0 Å². The second-order valence-corrected chi connectivity index (χ2v) is 5.75. The maximum atomic E-state index is 6.02. The monoisotopic (exact) mass is 315 g/mol. The number of ether oxygens (including phenoxy) is 2. The Bertz CT molecular complexity index is 602. The Morgan fingerprint density at radius 3 is 2.74 bits per heavy atom. The minimum atomic E-state index is 0.657. The van der Waals surface area contributed by atoms with Gasteiger partial charge in [-0.05, 0) is 44.2 Å². The Morgan fingerprint density at radius 1 is 1.09 bits per heavy atom. The molecule has 0 bridgehead atoms. The van der Waals surface area contributed by atoms with Crippen LogP contribution in [0, 0.1) is 0 Å². The standard InChI is InChI=1S/C19H25NO3/c1-2-22-18-8-4-3-7-17(18)19-10-9-16(23-19)6-5-11-20-12-14-21-15-13-20/h3-4,7-10H,2,5-6,11-15H2,1H3. The second-order valence-electron chi connectivity index (χ2n) is 5.75. The van der Waals surface area contributed by atoms with Gasteiger partial charge in [-0.2, -0.15) is 0 Å². The van der Waals surface area contributed by atoms with Crippen molar-refractivity contribution in [1.82, 2.24) is 4.90 Å². The lowest BCUT2D eigenvalue weighted by Gasteiger charge is -2.26. The van der Waals surface area contributed by atoms with Crippen LogP contribution in [0.2, 0.25) is 0 Å². The smallest absolute Gasteiger partial charge is 0.137 e. The number of furan rings is 1. The Morgan fingerprint density at radius 2 is 1.91 bits per heavy atom. The maximum absolute atomic E-state index is 6.02. The Kier molecular flexibility index (Phi) is 5.72. The molecular weight excluding hydrogens is 290 g/mol. The van der Waals surface area contributed by atoms with E-state index in [1.54, 1.807) is 0 Å². The molecule has 2 aromatic rings. The molecule has 4 nitrogen and oxygen atoms in total. The molecule has 124 valence electrons. The SMILES string of the molecule is CCOc1ccccc1-c1ccc(CCCN2CCOCC2)o1. The molecule has 1 fully saturated rings. The fourth-order valence-corrected chi connectivity index (χ4v) is 2.91. The molecule has 1 aromatic heterocycles. The van der Waals surface area contributed by atoms with E-state index >= 15 is 0 Å². The van der Waals surface area contributed by atoms with Crippen molar-refractivity contribution >= 4 is 0 Å². The first-order chi connectivity index (χ1) is 11.4. The summed E-state index contributed by atoms with van der Waals surface area (Å²) in [6.45, 7) is 7.57. The maximum Gasteiger partial charge on any atom is 0.137 e. The van der Waals surface area contributed by atoms with Crippen LogP contribution in [0.25, 0.3) is 11.3 Å². The van der Waals surface area contributed by atoms with Gasteiger partial charge in [0.2, 0.25) is 0 Å². The van der Waals surface area contributed by atoms with Crippen LogP contribution in [0.5, 0.6) is 5.75 Å². The number of hydrogen-bond acceptors (Lipinski definition) is 4. The van der Waals surface area contributed by atoms with Crippen LogP contribution in [-0.4, -0.2) is 44.4 Å². The molecule has 0 atom stereocenters. The molecule has 0 amide bonds. The lowest BCUT2D eigenvalue weighted by atomic mass is 10.1. The summed E-state index contributed by atoms with van der Waals surface area (Å²) in [5.41, 5.74) is 1.02. The quantitative estimate of drug-likeness (QED) is 0.782. The van der Waals surface area contributed by atoms with Crippen molar-refractivity contribution in [2.45, 2.75) is 19.8 Å². The van der Waals surface area contributed by atoms with Gasteiger partial charge in [0, 0.05) is 19.5 Å².